The van der Waals surface area contributed by atoms with Crippen molar-refractivity contribution >= 4 is 0 Å². The normalized spacial score (nSPS) is 20.5. The number of benzene rings is 1. The number of alkyl halides is 2. The summed E-state index contributed by atoms with van der Waals surface area (Å²) in [4.78, 5) is 2.31. The van der Waals surface area contributed by atoms with Crippen LogP contribution in [0.3, 0.4) is 0 Å². The van der Waals surface area contributed by atoms with Crippen molar-refractivity contribution in [3.05, 3.63) is 29.8 Å². The maximum absolute atomic E-state index is 12.2. The number of morpholine rings is 1. The Morgan fingerprint density at radius 2 is 2.00 bits per heavy atom. The van der Waals surface area contributed by atoms with Gasteiger partial charge in [-0.05, 0) is 31.5 Å². The fourth-order valence-corrected chi connectivity index (χ4v) is 2.76. The molecule has 0 spiro atoms. The average molecular weight is 300 g/mol. The summed E-state index contributed by atoms with van der Waals surface area (Å²) in [5.74, 6) is 0.158. The van der Waals surface area contributed by atoms with Crippen molar-refractivity contribution in [3.8, 4) is 5.75 Å². The topological polar surface area (TPSA) is 47.7 Å². The van der Waals surface area contributed by atoms with E-state index in [4.69, 9.17) is 10.5 Å². The molecule has 0 radical (unpaired) electrons. The quantitative estimate of drug-likeness (QED) is 0.907. The summed E-state index contributed by atoms with van der Waals surface area (Å²) in [6.45, 7) is 4.00. The van der Waals surface area contributed by atoms with Crippen LogP contribution in [-0.2, 0) is 4.74 Å². The van der Waals surface area contributed by atoms with Gasteiger partial charge in [-0.2, -0.15) is 8.78 Å². The maximum atomic E-state index is 12.2. The smallest absolute Gasteiger partial charge is 0.387 e. The molecule has 1 aliphatic rings. The lowest BCUT2D eigenvalue weighted by atomic mass is 9.95. The predicted octanol–water partition coefficient (Wildman–Crippen LogP) is 2.40. The Morgan fingerprint density at radius 3 is 2.52 bits per heavy atom. The van der Waals surface area contributed by atoms with E-state index in [1.807, 2.05) is 0 Å². The molecule has 1 aliphatic heterocycles. The number of halogens is 2. The van der Waals surface area contributed by atoms with Gasteiger partial charge in [-0.3, -0.25) is 4.90 Å². The van der Waals surface area contributed by atoms with Gasteiger partial charge in [0.1, 0.15) is 5.75 Å². The number of rotatable bonds is 5. The molecule has 0 amide bonds. The Balaban J connectivity index is 2.16. The van der Waals surface area contributed by atoms with Crippen LogP contribution in [0, 0.1) is 0 Å². The van der Waals surface area contributed by atoms with Crippen LogP contribution in [0.25, 0.3) is 0 Å². The number of ether oxygens (including phenoxy) is 2. The van der Waals surface area contributed by atoms with Crippen molar-refractivity contribution in [1.29, 1.82) is 0 Å². The standard InChI is InChI=1S/C15H22F2N2O2/c1-15(2)10-20-8-7-19(15)13(9-18)11-3-5-12(6-4-11)21-14(16)17/h3-6,13-14H,7-10,18H2,1-2H3. The van der Waals surface area contributed by atoms with Gasteiger partial charge in [0.15, 0.2) is 0 Å². The first kappa shape index (κ1) is 16.1. The van der Waals surface area contributed by atoms with Crippen LogP contribution in [0.2, 0.25) is 0 Å². The summed E-state index contributed by atoms with van der Waals surface area (Å²) in [6, 6.07) is 6.72. The van der Waals surface area contributed by atoms with Crippen LogP contribution >= 0.6 is 0 Å². The van der Waals surface area contributed by atoms with E-state index in [1.54, 1.807) is 24.3 Å². The summed E-state index contributed by atoms with van der Waals surface area (Å²) >= 11 is 0. The summed E-state index contributed by atoms with van der Waals surface area (Å²) in [7, 11) is 0. The van der Waals surface area contributed by atoms with Crippen LogP contribution in [0.15, 0.2) is 24.3 Å². The van der Waals surface area contributed by atoms with E-state index < -0.39 is 6.61 Å². The second kappa shape index (κ2) is 6.68. The van der Waals surface area contributed by atoms with Crippen molar-refractivity contribution in [2.75, 3.05) is 26.3 Å². The van der Waals surface area contributed by atoms with Crippen molar-refractivity contribution in [3.63, 3.8) is 0 Å². The van der Waals surface area contributed by atoms with Crippen molar-refractivity contribution < 1.29 is 18.3 Å². The van der Waals surface area contributed by atoms with E-state index in [1.165, 1.54) is 0 Å². The highest BCUT2D eigenvalue weighted by Gasteiger charge is 2.35. The fraction of sp³-hybridized carbons (Fsp3) is 0.600. The first-order valence-electron chi connectivity index (χ1n) is 7.03. The van der Waals surface area contributed by atoms with Gasteiger partial charge in [0.25, 0.3) is 0 Å². The van der Waals surface area contributed by atoms with Gasteiger partial charge in [0, 0.05) is 24.7 Å². The molecule has 0 aromatic heterocycles. The number of hydrogen-bond acceptors (Lipinski definition) is 4. The van der Waals surface area contributed by atoms with Gasteiger partial charge in [0.05, 0.1) is 13.2 Å². The zero-order valence-electron chi connectivity index (χ0n) is 12.4. The van der Waals surface area contributed by atoms with Crippen LogP contribution in [0.4, 0.5) is 8.78 Å². The van der Waals surface area contributed by atoms with E-state index in [9.17, 15) is 8.78 Å². The third-order valence-electron chi connectivity index (χ3n) is 3.80. The highest BCUT2D eigenvalue weighted by molar-refractivity contribution is 5.30. The molecule has 21 heavy (non-hydrogen) atoms. The molecule has 1 aromatic carbocycles. The second-order valence-corrected chi connectivity index (χ2v) is 5.76. The lowest BCUT2D eigenvalue weighted by Crippen LogP contribution is -2.55. The lowest BCUT2D eigenvalue weighted by molar-refractivity contribution is -0.0713. The third-order valence-corrected chi connectivity index (χ3v) is 3.80. The molecule has 0 aliphatic carbocycles. The Labute approximate surface area is 123 Å². The summed E-state index contributed by atoms with van der Waals surface area (Å²) in [5, 5.41) is 0. The van der Waals surface area contributed by atoms with E-state index >= 15 is 0 Å². The van der Waals surface area contributed by atoms with Gasteiger partial charge in [-0.15, -0.1) is 0 Å². The van der Waals surface area contributed by atoms with E-state index in [0.29, 0.717) is 19.8 Å². The maximum Gasteiger partial charge on any atom is 0.387 e. The molecular weight excluding hydrogens is 278 g/mol. The number of nitrogens with two attached hydrogens (primary N) is 1. The molecule has 1 atom stereocenters. The zero-order valence-corrected chi connectivity index (χ0v) is 12.4. The van der Waals surface area contributed by atoms with Gasteiger partial charge in [-0.25, -0.2) is 0 Å². The predicted molar refractivity (Wildman–Crippen MR) is 76.5 cm³/mol. The number of nitrogens with zero attached hydrogens (tertiary/aromatic N) is 1. The molecular formula is C15H22F2N2O2. The molecule has 6 heteroatoms. The Kier molecular flexibility index (Phi) is 5.13. The van der Waals surface area contributed by atoms with Crippen LogP contribution < -0.4 is 10.5 Å². The zero-order chi connectivity index (χ0) is 15.5. The minimum atomic E-state index is -2.81. The minimum Gasteiger partial charge on any atom is -0.435 e. The highest BCUT2D eigenvalue weighted by Crippen LogP contribution is 2.31. The first-order chi connectivity index (χ1) is 9.94. The fourth-order valence-electron chi connectivity index (χ4n) is 2.76. The molecule has 0 saturated carbocycles. The molecule has 2 N–H and O–H groups in total. The Morgan fingerprint density at radius 1 is 1.33 bits per heavy atom. The summed E-state index contributed by atoms with van der Waals surface area (Å²) in [5.41, 5.74) is 6.83. The van der Waals surface area contributed by atoms with Gasteiger partial charge >= 0.3 is 6.61 Å². The minimum absolute atomic E-state index is 0.0319. The molecule has 1 saturated heterocycles. The molecule has 1 unspecified atom stereocenters. The number of hydrogen-bond donors (Lipinski definition) is 1. The monoisotopic (exact) mass is 300 g/mol. The molecule has 2 rings (SSSR count). The molecule has 0 bridgehead atoms. The molecule has 118 valence electrons. The van der Waals surface area contributed by atoms with Crippen molar-refractivity contribution in [1.82, 2.24) is 4.90 Å². The lowest BCUT2D eigenvalue weighted by Gasteiger charge is -2.46. The average Bonchev–Trinajstić information content (AvgIpc) is 2.42. The van der Waals surface area contributed by atoms with Gasteiger partial charge in [0.2, 0.25) is 0 Å². The molecule has 1 fully saturated rings. The van der Waals surface area contributed by atoms with Crippen molar-refractivity contribution in [2.24, 2.45) is 5.73 Å². The van der Waals surface area contributed by atoms with Gasteiger partial charge < -0.3 is 15.2 Å². The van der Waals surface area contributed by atoms with E-state index in [-0.39, 0.29) is 17.3 Å². The molecule has 1 aromatic rings. The van der Waals surface area contributed by atoms with Crippen molar-refractivity contribution in [2.45, 2.75) is 32.0 Å². The summed E-state index contributed by atoms with van der Waals surface area (Å²) in [6.07, 6.45) is 0. The first-order valence-corrected chi connectivity index (χ1v) is 7.03. The SMILES string of the molecule is CC1(C)COCCN1C(CN)c1ccc(OC(F)F)cc1. The second-order valence-electron chi connectivity index (χ2n) is 5.76. The Hall–Kier alpha value is -1.24. The summed E-state index contributed by atoms with van der Waals surface area (Å²) < 4.78 is 34.2. The largest absolute Gasteiger partial charge is 0.435 e. The van der Waals surface area contributed by atoms with E-state index in [2.05, 4.69) is 23.5 Å². The third kappa shape index (κ3) is 3.90. The van der Waals surface area contributed by atoms with E-state index in [0.717, 1.165) is 12.1 Å². The molecule has 1 heterocycles. The van der Waals surface area contributed by atoms with Gasteiger partial charge in [-0.1, -0.05) is 12.1 Å². The highest BCUT2D eigenvalue weighted by atomic mass is 19.3. The van der Waals surface area contributed by atoms with Crippen LogP contribution in [0.5, 0.6) is 5.75 Å². The molecule has 4 nitrogen and oxygen atoms in total. The van der Waals surface area contributed by atoms with Crippen LogP contribution in [-0.4, -0.2) is 43.4 Å². The van der Waals surface area contributed by atoms with Crippen LogP contribution in [0.1, 0.15) is 25.5 Å². The Bertz CT molecular complexity index is 451.